The van der Waals surface area contributed by atoms with Crippen molar-refractivity contribution in [2.45, 2.75) is 24.9 Å². The van der Waals surface area contributed by atoms with Gasteiger partial charge in [-0.15, -0.1) is 0 Å². The lowest BCUT2D eigenvalue weighted by atomic mass is 9.91. The first-order valence-corrected chi connectivity index (χ1v) is 4.73. The van der Waals surface area contributed by atoms with Gasteiger partial charge in [0.2, 0.25) is 0 Å². The Morgan fingerprint density at radius 1 is 1.21 bits per heavy atom. The summed E-state index contributed by atoms with van der Waals surface area (Å²) in [5.41, 5.74) is -0.756. The summed E-state index contributed by atoms with van der Waals surface area (Å²) in [4.78, 5) is 0. The first kappa shape index (κ1) is 9.59. The van der Waals surface area contributed by atoms with E-state index in [1.54, 1.807) is 24.3 Å². The van der Waals surface area contributed by atoms with Crippen LogP contribution in [-0.4, -0.2) is 13.0 Å². The topological polar surface area (TPSA) is 9.23 Å². The second-order valence-electron chi connectivity index (χ2n) is 3.51. The van der Waals surface area contributed by atoms with Crippen molar-refractivity contribution in [3.05, 3.63) is 35.9 Å². The number of rotatable bonds is 2. The fraction of sp³-hybridized carbons (Fsp3) is 0.455. The quantitative estimate of drug-likeness (QED) is 0.709. The van der Waals surface area contributed by atoms with E-state index < -0.39 is 12.0 Å². The van der Waals surface area contributed by atoms with E-state index in [2.05, 4.69) is 0 Å². The average molecular weight is 198 g/mol. The number of hydrogen-bond acceptors (Lipinski definition) is 1. The molecule has 1 aliphatic heterocycles. The summed E-state index contributed by atoms with van der Waals surface area (Å²) < 4.78 is 31.1. The second kappa shape index (κ2) is 3.65. The van der Waals surface area contributed by atoms with Crippen LogP contribution in [-0.2, 0) is 10.3 Å². The van der Waals surface area contributed by atoms with E-state index in [0.717, 1.165) is 0 Å². The van der Waals surface area contributed by atoms with E-state index in [9.17, 15) is 8.78 Å². The molecule has 1 aliphatic rings. The standard InChI is InChI=1S/C11H12F2O/c12-10(13)11(7-4-8-14-11)9-5-2-1-3-6-9/h1-3,5-6,10H,4,7-8H2. The van der Waals surface area contributed by atoms with Crippen LogP contribution in [0.4, 0.5) is 8.78 Å². The molecular weight excluding hydrogens is 186 g/mol. The molecule has 14 heavy (non-hydrogen) atoms. The Bertz CT molecular complexity index is 291. The maximum Gasteiger partial charge on any atom is 0.271 e. The molecule has 1 unspecified atom stereocenters. The number of hydrogen-bond donors (Lipinski definition) is 0. The van der Waals surface area contributed by atoms with Crippen LogP contribution in [0.25, 0.3) is 0 Å². The summed E-state index contributed by atoms with van der Waals surface area (Å²) in [5, 5.41) is 0. The summed E-state index contributed by atoms with van der Waals surface area (Å²) in [6.45, 7) is 0.430. The highest BCUT2D eigenvalue weighted by Crippen LogP contribution is 2.41. The third kappa shape index (κ3) is 1.42. The maximum atomic E-state index is 13.0. The molecule has 3 heteroatoms. The number of halogens is 2. The first-order valence-electron chi connectivity index (χ1n) is 4.73. The molecule has 0 saturated carbocycles. The Morgan fingerprint density at radius 3 is 2.43 bits per heavy atom. The van der Waals surface area contributed by atoms with Crippen molar-refractivity contribution >= 4 is 0 Å². The minimum Gasteiger partial charge on any atom is -0.364 e. The van der Waals surface area contributed by atoms with Crippen molar-refractivity contribution in [2.24, 2.45) is 0 Å². The molecule has 0 aliphatic carbocycles. The molecule has 2 rings (SSSR count). The predicted octanol–water partition coefficient (Wildman–Crippen LogP) is 2.96. The molecule has 1 heterocycles. The highest BCUT2D eigenvalue weighted by atomic mass is 19.3. The zero-order valence-electron chi connectivity index (χ0n) is 7.75. The van der Waals surface area contributed by atoms with Gasteiger partial charge in [-0.05, 0) is 18.4 Å². The van der Waals surface area contributed by atoms with Crippen LogP contribution in [0.1, 0.15) is 18.4 Å². The van der Waals surface area contributed by atoms with E-state index >= 15 is 0 Å². The van der Waals surface area contributed by atoms with Crippen LogP contribution < -0.4 is 0 Å². The molecular formula is C11H12F2O. The van der Waals surface area contributed by atoms with E-state index in [-0.39, 0.29) is 0 Å². The molecule has 0 N–H and O–H groups in total. The minimum atomic E-state index is -2.45. The van der Waals surface area contributed by atoms with Crippen LogP contribution in [0.3, 0.4) is 0 Å². The highest BCUT2D eigenvalue weighted by Gasteiger charge is 2.45. The Labute approximate surface area is 81.7 Å². The number of alkyl halides is 2. The Balaban J connectivity index is 2.36. The predicted molar refractivity (Wildman–Crippen MR) is 49.3 cm³/mol. The van der Waals surface area contributed by atoms with Gasteiger partial charge in [-0.2, -0.15) is 0 Å². The van der Waals surface area contributed by atoms with E-state index in [0.29, 0.717) is 25.0 Å². The molecule has 0 bridgehead atoms. The number of benzene rings is 1. The SMILES string of the molecule is FC(F)C1(c2ccccc2)CCCO1. The van der Waals surface area contributed by atoms with Gasteiger partial charge in [0.25, 0.3) is 6.43 Å². The lowest BCUT2D eigenvalue weighted by Gasteiger charge is -2.27. The van der Waals surface area contributed by atoms with Gasteiger partial charge in [-0.1, -0.05) is 30.3 Å². The van der Waals surface area contributed by atoms with Gasteiger partial charge in [0.05, 0.1) is 0 Å². The second-order valence-corrected chi connectivity index (χ2v) is 3.51. The van der Waals surface area contributed by atoms with Crippen LogP contribution in [0.15, 0.2) is 30.3 Å². The Morgan fingerprint density at radius 2 is 1.93 bits per heavy atom. The van der Waals surface area contributed by atoms with Crippen LogP contribution in [0.5, 0.6) is 0 Å². The van der Waals surface area contributed by atoms with Gasteiger partial charge < -0.3 is 4.74 Å². The van der Waals surface area contributed by atoms with Gasteiger partial charge in [0.15, 0.2) is 5.60 Å². The molecule has 0 aromatic heterocycles. The van der Waals surface area contributed by atoms with Gasteiger partial charge in [0.1, 0.15) is 0 Å². The summed E-state index contributed by atoms with van der Waals surface area (Å²) in [7, 11) is 0. The lowest BCUT2D eigenvalue weighted by Crippen LogP contribution is -2.33. The van der Waals surface area contributed by atoms with Crippen molar-refractivity contribution in [3.8, 4) is 0 Å². The van der Waals surface area contributed by atoms with Crippen LogP contribution in [0.2, 0.25) is 0 Å². The third-order valence-electron chi connectivity index (χ3n) is 2.67. The van der Waals surface area contributed by atoms with Crippen LogP contribution in [0, 0.1) is 0 Å². The molecule has 1 nitrogen and oxygen atoms in total. The van der Waals surface area contributed by atoms with Crippen molar-refractivity contribution < 1.29 is 13.5 Å². The van der Waals surface area contributed by atoms with Gasteiger partial charge >= 0.3 is 0 Å². The third-order valence-corrected chi connectivity index (χ3v) is 2.67. The summed E-state index contributed by atoms with van der Waals surface area (Å²) >= 11 is 0. The van der Waals surface area contributed by atoms with Gasteiger partial charge in [-0.3, -0.25) is 0 Å². The van der Waals surface area contributed by atoms with Crippen molar-refractivity contribution in [3.63, 3.8) is 0 Å². The smallest absolute Gasteiger partial charge is 0.271 e. The first-order chi connectivity index (χ1) is 6.76. The Hall–Kier alpha value is -0.960. The largest absolute Gasteiger partial charge is 0.364 e. The maximum absolute atomic E-state index is 13.0. The molecule has 1 aromatic carbocycles. The molecule has 1 aromatic rings. The van der Waals surface area contributed by atoms with E-state index in [4.69, 9.17) is 4.74 Å². The van der Waals surface area contributed by atoms with E-state index in [1.807, 2.05) is 6.07 Å². The highest BCUT2D eigenvalue weighted by molar-refractivity contribution is 5.24. The molecule has 1 saturated heterocycles. The van der Waals surface area contributed by atoms with Crippen LogP contribution >= 0.6 is 0 Å². The molecule has 1 fully saturated rings. The molecule has 0 spiro atoms. The molecule has 1 atom stereocenters. The average Bonchev–Trinajstić information content (AvgIpc) is 2.69. The zero-order valence-corrected chi connectivity index (χ0v) is 7.75. The molecule has 0 radical (unpaired) electrons. The summed E-state index contributed by atoms with van der Waals surface area (Å²) in [5.74, 6) is 0. The minimum absolute atomic E-state index is 0.411. The van der Waals surface area contributed by atoms with Gasteiger partial charge in [0, 0.05) is 6.61 Å². The fourth-order valence-corrected chi connectivity index (χ4v) is 1.91. The summed E-state index contributed by atoms with van der Waals surface area (Å²) in [6, 6.07) is 8.76. The lowest BCUT2D eigenvalue weighted by molar-refractivity contribution is -0.115. The van der Waals surface area contributed by atoms with Crippen molar-refractivity contribution in [1.29, 1.82) is 0 Å². The van der Waals surface area contributed by atoms with Crippen molar-refractivity contribution in [1.82, 2.24) is 0 Å². The number of ether oxygens (including phenoxy) is 1. The summed E-state index contributed by atoms with van der Waals surface area (Å²) in [6.07, 6.45) is -1.33. The van der Waals surface area contributed by atoms with Crippen molar-refractivity contribution in [2.75, 3.05) is 6.61 Å². The monoisotopic (exact) mass is 198 g/mol. The zero-order chi connectivity index (χ0) is 10.0. The Kier molecular flexibility index (Phi) is 2.50. The molecule has 76 valence electrons. The fourth-order valence-electron chi connectivity index (χ4n) is 1.91. The van der Waals surface area contributed by atoms with Gasteiger partial charge in [-0.25, -0.2) is 8.78 Å². The normalized spacial score (nSPS) is 27.1. The van der Waals surface area contributed by atoms with E-state index in [1.165, 1.54) is 0 Å². The molecule has 0 amide bonds.